The summed E-state index contributed by atoms with van der Waals surface area (Å²) in [6.45, 7) is 6.25. The molecule has 0 aliphatic carbocycles. The number of aromatic nitrogens is 1. The fourth-order valence-corrected chi connectivity index (χ4v) is 2.45. The maximum atomic E-state index is 13.7. The van der Waals surface area contributed by atoms with Crippen LogP contribution >= 0.6 is 0 Å². The van der Waals surface area contributed by atoms with Crippen molar-refractivity contribution in [3.8, 4) is 0 Å². The molecule has 26 heavy (non-hydrogen) atoms. The zero-order valence-corrected chi connectivity index (χ0v) is 14.7. The molecule has 0 saturated carbocycles. The maximum Gasteiger partial charge on any atom is 0.224 e. The molecule has 0 atom stereocenters. The van der Waals surface area contributed by atoms with Gasteiger partial charge in [-0.1, -0.05) is 18.2 Å². The quantitative estimate of drug-likeness (QED) is 0.738. The molecule has 0 bridgehead atoms. The van der Waals surface area contributed by atoms with Crippen LogP contribution in [-0.4, -0.2) is 28.2 Å². The summed E-state index contributed by atoms with van der Waals surface area (Å²) in [5, 5.41) is 2.51. The van der Waals surface area contributed by atoms with E-state index >= 15 is 0 Å². The maximum absolute atomic E-state index is 13.7. The normalized spacial score (nSPS) is 10.2. The number of rotatable bonds is 8. The van der Waals surface area contributed by atoms with Crippen molar-refractivity contribution in [3.05, 3.63) is 72.3 Å². The largest absolute Gasteiger partial charge is 0.335 e. The number of carbonyl (C=O) groups is 2. The number of halogens is 1. The zero-order chi connectivity index (χ0) is 18.9. The van der Waals surface area contributed by atoms with Gasteiger partial charge in [0.15, 0.2) is 0 Å². The van der Waals surface area contributed by atoms with E-state index in [1.165, 1.54) is 6.07 Å². The first-order valence-electron chi connectivity index (χ1n) is 8.33. The van der Waals surface area contributed by atoms with E-state index in [0.717, 1.165) is 11.1 Å². The summed E-state index contributed by atoms with van der Waals surface area (Å²) in [7, 11) is 0. The van der Waals surface area contributed by atoms with Gasteiger partial charge < -0.3 is 10.2 Å². The first-order valence-corrected chi connectivity index (χ1v) is 8.33. The van der Waals surface area contributed by atoms with Crippen LogP contribution in [0.25, 0.3) is 0 Å². The SMILES string of the molecule is C=CCN(Cc1cccnc1)C(=O)CCC(=O)Nc1cc(C)ccc1F. The van der Waals surface area contributed by atoms with E-state index in [4.69, 9.17) is 0 Å². The summed E-state index contributed by atoms with van der Waals surface area (Å²) < 4.78 is 13.7. The number of hydrogen-bond acceptors (Lipinski definition) is 3. The van der Waals surface area contributed by atoms with Crippen LogP contribution in [0.4, 0.5) is 10.1 Å². The smallest absolute Gasteiger partial charge is 0.224 e. The highest BCUT2D eigenvalue weighted by molar-refractivity contribution is 5.93. The molecule has 2 rings (SSSR count). The number of pyridine rings is 1. The monoisotopic (exact) mass is 355 g/mol. The van der Waals surface area contributed by atoms with Crippen molar-refractivity contribution in [2.75, 3.05) is 11.9 Å². The third kappa shape index (κ3) is 5.81. The van der Waals surface area contributed by atoms with Crippen LogP contribution < -0.4 is 5.32 Å². The highest BCUT2D eigenvalue weighted by Gasteiger charge is 2.15. The second-order valence-corrected chi connectivity index (χ2v) is 5.96. The van der Waals surface area contributed by atoms with Crippen molar-refractivity contribution in [1.29, 1.82) is 0 Å². The van der Waals surface area contributed by atoms with Crippen molar-refractivity contribution in [2.45, 2.75) is 26.3 Å². The molecule has 2 aromatic rings. The number of nitrogens with one attached hydrogen (secondary N) is 1. The standard InChI is InChI=1S/C20H22FN3O2/c1-3-11-24(14-16-5-4-10-22-13-16)20(26)9-8-19(25)23-18-12-15(2)6-7-17(18)21/h3-7,10,12-13H,1,8-9,11,14H2,2H3,(H,23,25). The van der Waals surface area contributed by atoms with Crippen molar-refractivity contribution >= 4 is 17.5 Å². The molecule has 6 heteroatoms. The Morgan fingerprint density at radius 3 is 2.81 bits per heavy atom. The Hall–Kier alpha value is -3.02. The Morgan fingerprint density at radius 1 is 1.31 bits per heavy atom. The van der Waals surface area contributed by atoms with Gasteiger partial charge in [0.25, 0.3) is 0 Å². The molecule has 0 aliphatic rings. The van der Waals surface area contributed by atoms with Crippen LogP contribution in [-0.2, 0) is 16.1 Å². The van der Waals surface area contributed by atoms with E-state index in [1.54, 1.807) is 41.6 Å². The van der Waals surface area contributed by atoms with Crippen molar-refractivity contribution in [3.63, 3.8) is 0 Å². The van der Waals surface area contributed by atoms with E-state index in [-0.39, 0.29) is 24.4 Å². The Balaban J connectivity index is 1.91. The van der Waals surface area contributed by atoms with Crippen molar-refractivity contribution < 1.29 is 14.0 Å². The number of hydrogen-bond donors (Lipinski definition) is 1. The molecule has 1 aromatic carbocycles. The van der Waals surface area contributed by atoms with Crippen molar-refractivity contribution in [2.24, 2.45) is 0 Å². The molecule has 0 unspecified atom stereocenters. The van der Waals surface area contributed by atoms with Gasteiger partial charge in [-0.2, -0.15) is 0 Å². The van der Waals surface area contributed by atoms with E-state index in [0.29, 0.717) is 13.1 Å². The average Bonchev–Trinajstić information content (AvgIpc) is 2.63. The van der Waals surface area contributed by atoms with Crippen LogP contribution in [0, 0.1) is 12.7 Å². The van der Waals surface area contributed by atoms with Gasteiger partial charge in [-0.25, -0.2) is 4.39 Å². The first-order chi connectivity index (χ1) is 12.5. The lowest BCUT2D eigenvalue weighted by Crippen LogP contribution is -2.31. The third-order valence-corrected chi connectivity index (χ3v) is 3.76. The third-order valence-electron chi connectivity index (χ3n) is 3.76. The van der Waals surface area contributed by atoms with Crippen LogP contribution in [0.15, 0.2) is 55.4 Å². The van der Waals surface area contributed by atoms with Gasteiger partial charge in [-0.05, 0) is 36.2 Å². The van der Waals surface area contributed by atoms with Gasteiger partial charge in [-0.3, -0.25) is 14.6 Å². The summed E-state index contributed by atoms with van der Waals surface area (Å²) in [6.07, 6.45) is 5.01. The van der Waals surface area contributed by atoms with Crippen LogP contribution in [0.3, 0.4) is 0 Å². The van der Waals surface area contributed by atoms with E-state index < -0.39 is 11.7 Å². The molecule has 136 valence electrons. The van der Waals surface area contributed by atoms with Gasteiger partial charge >= 0.3 is 0 Å². The molecule has 0 fully saturated rings. The molecule has 0 saturated heterocycles. The second kappa shape index (κ2) is 9.46. The molecule has 2 amide bonds. The van der Waals surface area contributed by atoms with Crippen LogP contribution in [0.2, 0.25) is 0 Å². The molecule has 0 aliphatic heterocycles. The Kier molecular flexibility index (Phi) is 7.02. The lowest BCUT2D eigenvalue weighted by Gasteiger charge is -2.21. The Morgan fingerprint density at radius 2 is 2.12 bits per heavy atom. The minimum Gasteiger partial charge on any atom is -0.335 e. The first kappa shape index (κ1) is 19.3. The number of anilines is 1. The van der Waals surface area contributed by atoms with Crippen molar-refractivity contribution in [1.82, 2.24) is 9.88 Å². The fraction of sp³-hybridized carbons (Fsp3) is 0.250. The van der Waals surface area contributed by atoms with Gasteiger partial charge in [0.05, 0.1) is 5.69 Å². The van der Waals surface area contributed by atoms with Gasteiger partial charge in [-0.15, -0.1) is 6.58 Å². The minimum absolute atomic E-state index is 0.0209. The lowest BCUT2D eigenvalue weighted by molar-refractivity contribution is -0.132. The minimum atomic E-state index is -0.500. The summed E-state index contributed by atoms with van der Waals surface area (Å²) >= 11 is 0. The molecule has 0 spiro atoms. The number of benzene rings is 1. The molecular weight excluding hydrogens is 333 g/mol. The second-order valence-electron chi connectivity index (χ2n) is 5.96. The summed E-state index contributed by atoms with van der Waals surface area (Å²) in [5.41, 5.74) is 1.86. The fourth-order valence-electron chi connectivity index (χ4n) is 2.45. The lowest BCUT2D eigenvalue weighted by atomic mass is 10.2. The highest BCUT2D eigenvalue weighted by atomic mass is 19.1. The van der Waals surface area contributed by atoms with E-state index in [2.05, 4.69) is 16.9 Å². The summed E-state index contributed by atoms with van der Waals surface area (Å²) in [6, 6.07) is 8.16. The summed E-state index contributed by atoms with van der Waals surface area (Å²) in [4.78, 5) is 30.1. The predicted octanol–water partition coefficient (Wildman–Crippen LogP) is 3.46. The number of carbonyl (C=O) groups excluding carboxylic acids is 2. The molecular formula is C20H22FN3O2. The van der Waals surface area contributed by atoms with Crippen LogP contribution in [0.1, 0.15) is 24.0 Å². The molecule has 1 heterocycles. The molecule has 1 aromatic heterocycles. The van der Waals surface area contributed by atoms with Gasteiger partial charge in [0.2, 0.25) is 11.8 Å². The summed E-state index contributed by atoms with van der Waals surface area (Å²) in [5.74, 6) is -1.07. The van der Waals surface area contributed by atoms with Gasteiger partial charge in [0, 0.05) is 38.3 Å². The van der Waals surface area contributed by atoms with Crippen LogP contribution in [0.5, 0.6) is 0 Å². The zero-order valence-electron chi connectivity index (χ0n) is 14.7. The number of aryl methyl sites for hydroxylation is 1. The Labute approximate surface area is 152 Å². The topological polar surface area (TPSA) is 62.3 Å². The number of nitrogens with zero attached hydrogens (tertiary/aromatic N) is 2. The Bertz CT molecular complexity index is 778. The van der Waals surface area contributed by atoms with E-state index in [1.807, 2.05) is 13.0 Å². The molecule has 5 nitrogen and oxygen atoms in total. The highest BCUT2D eigenvalue weighted by Crippen LogP contribution is 2.16. The molecule has 0 radical (unpaired) electrons. The van der Waals surface area contributed by atoms with E-state index in [9.17, 15) is 14.0 Å². The molecule has 1 N–H and O–H groups in total. The predicted molar refractivity (Wildman–Crippen MR) is 98.9 cm³/mol. The van der Waals surface area contributed by atoms with Gasteiger partial charge in [0.1, 0.15) is 5.82 Å². The number of amides is 2. The average molecular weight is 355 g/mol.